The van der Waals surface area contributed by atoms with Crippen LogP contribution in [0.25, 0.3) is 0 Å². The summed E-state index contributed by atoms with van der Waals surface area (Å²) in [4.78, 5) is 4.73. The Labute approximate surface area is 79.0 Å². The SMILES string of the molecule is C[C@@H]1CCn2cc(C3CC3)nc2C1. The molecule has 1 aromatic heterocycles. The van der Waals surface area contributed by atoms with E-state index in [1.807, 2.05) is 0 Å². The van der Waals surface area contributed by atoms with Crippen LogP contribution in [0.4, 0.5) is 0 Å². The molecule has 0 N–H and O–H groups in total. The second-order valence-corrected chi connectivity index (χ2v) is 4.65. The van der Waals surface area contributed by atoms with Gasteiger partial charge in [0.1, 0.15) is 5.82 Å². The number of fused-ring (bicyclic) bond motifs is 1. The number of imidazole rings is 1. The van der Waals surface area contributed by atoms with Crippen LogP contribution in [-0.4, -0.2) is 9.55 Å². The van der Waals surface area contributed by atoms with Crippen LogP contribution in [-0.2, 0) is 13.0 Å². The molecule has 0 bridgehead atoms. The van der Waals surface area contributed by atoms with Crippen molar-refractivity contribution in [3.05, 3.63) is 17.7 Å². The molecule has 0 aromatic carbocycles. The first kappa shape index (κ1) is 7.60. The first-order valence-corrected chi connectivity index (χ1v) is 5.39. The Bertz CT molecular complexity index is 323. The lowest BCUT2D eigenvalue weighted by molar-refractivity contribution is 0.409. The van der Waals surface area contributed by atoms with E-state index in [1.54, 1.807) is 0 Å². The largest absolute Gasteiger partial charge is 0.335 e. The average molecular weight is 176 g/mol. The van der Waals surface area contributed by atoms with E-state index in [2.05, 4.69) is 17.7 Å². The molecule has 13 heavy (non-hydrogen) atoms. The summed E-state index contributed by atoms with van der Waals surface area (Å²) in [6, 6.07) is 0. The van der Waals surface area contributed by atoms with Gasteiger partial charge in [-0.15, -0.1) is 0 Å². The molecular weight excluding hydrogens is 160 g/mol. The highest BCUT2D eigenvalue weighted by Gasteiger charge is 2.28. The fourth-order valence-electron chi connectivity index (χ4n) is 2.18. The van der Waals surface area contributed by atoms with Gasteiger partial charge in [0.05, 0.1) is 5.69 Å². The fourth-order valence-corrected chi connectivity index (χ4v) is 2.18. The Kier molecular flexibility index (Phi) is 1.52. The van der Waals surface area contributed by atoms with Gasteiger partial charge >= 0.3 is 0 Å². The molecular formula is C11H16N2. The molecule has 1 aromatic rings. The highest BCUT2D eigenvalue weighted by Crippen LogP contribution is 2.39. The van der Waals surface area contributed by atoms with Crippen molar-refractivity contribution in [1.29, 1.82) is 0 Å². The fraction of sp³-hybridized carbons (Fsp3) is 0.727. The third-order valence-electron chi connectivity index (χ3n) is 3.27. The lowest BCUT2D eigenvalue weighted by atomic mass is 10.0. The van der Waals surface area contributed by atoms with Crippen molar-refractivity contribution in [3.8, 4) is 0 Å². The van der Waals surface area contributed by atoms with Crippen molar-refractivity contribution >= 4 is 0 Å². The highest BCUT2D eigenvalue weighted by atomic mass is 15.1. The maximum absolute atomic E-state index is 4.73. The predicted molar refractivity (Wildman–Crippen MR) is 51.7 cm³/mol. The highest BCUT2D eigenvalue weighted by molar-refractivity contribution is 5.15. The molecule has 70 valence electrons. The van der Waals surface area contributed by atoms with Crippen molar-refractivity contribution in [3.63, 3.8) is 0 Å². The zero-order chi connectivity index (χ0) is 8.84. The number of nitrogens with zero attached hydrogens (tertiary/aromatic N) is 2. The van der Waals surface area contributed by atoms with Gasteiger partial charge in [0.25, 0.3) is 0 Å². The van der Waals surface area contributed by atoms with Gasteiger partial charge in [-0.1, -0.05) is 6.92 Å². The van der Waals surface area contributed by atoms with Crippen LogP contribution < -0.4 is 0 Å². The Morgan fingerprint density at radius 3 is 3.00 bits per heavy atom. The maximum Gasteiger partial charge on any atom is 0.109 e. The van der Waals surface area contributed by atoms with Crippen LogP contribution in [0.15, 0.2) is 6.20 Å². The number of hydrogen-bond donors (Lipinski definition) is 0. The van der Waals surface area contributed by atoms with Gasteiger partial charge in [-0.25, -0.2) is 4.98 Å². The minimum absolute atomic E-state index is 0.813. The molecule has 0 radical (unpaired) electrons. The smallest absolute Gasteiger partial charge is 0.109 e. The van der Waals surface area contributed by atoms with Gasteiger partial charge in [-0.2, -0.15) is 0 Å². The molecule has 1 aliphatic heterocycles. The lowest BCUT2D eigenvalue weighted by Crippen LogP contribution is -2.16. The van der Waals surface area contributed by atoms with Crippen molar-refractivity contribution < 1.29 is 0 Å². The minimum Gasteiger partial charge on any atom is -0.335 e. The summed E-state index contributed by atoms with van der Waals surface area (Å²) in [5.74, 6) is 2.98. The normalized spacial score (nSPS) is 27.3. The lowest BCUT2D eigenvalue weighted by Gasteiger charge is -2.18. The van der Waals surface area contributed by atoms with Crippen LogP contribution >= 0.6 is 0 Å². The monoisotopic (exact) mass is 176 g/mol. The van der Waals surface area contributed by atoms with E-state index in [0.717, 1.165) is 11.8 Å². The summed E-state index contributed by atoms with van der Waals surface area (Å²) in [7, 11) is 0. The minimum atomic E-state index is 0.813. The summed E-state index contributed by atoms with van der Waals surface area (Å²) >= 11 is 0. The summed E-state index contributed by atoms with van der Waals surface area (Å²) < 4.78 is 2.37. The Morgan fingerprint density at radius 1 is 1.38 bits per heavy atom. The van der Waals surface area contributed by atoms with E-state index in [1.165, 1.54) is 43.7 Å². The molecule has 0 unspecified atom stereocenters. The molecule has 1 fully saturated rings. The van der Waals surface area contributed by atoms with Crippen LogP contribution in [0.2, 0.25) is 0 Å². The third-order valence-corrected chi connectivity index (χ3v) is 3.27. The van der Waals surface area contributed by atoms with Crippen molar-refractivity contribution in [1.82, 2.24) is 9.55 Å². The summed E-state index contributed by atoms with van der Waals surface area (Å²) in [6.07, 6.45) is 7.54. The van der Waals surface area contributed by atoms with Crippen molar-refractivity contribution in [2.75, 3.05) is 0 Å². The quantitative estimate of drug-likeness (QED) is 0.642. The number of hydrogen-bond acceptors (Lipinski definition) is 1. The Hall–Kier alpha value is -0.790. The van der Waals surface area contributed by atoms with E-state index >= 15 is 0 Å². The first-order valence-electron chi connectivity index (χ1n) is 5.39. The molecule has 0 amide bonds. The number of aromatic nitrogens is 2. The second kappa shape index (κ2) is 2.60. The van der Waals surface area contributed by atoms with Gasteiger partial charge in [0, 0.05) is 25.1 Å². The van der Waals surface area contributed by atoms with E-state index in [0.29, 0.717) is 0 Å². The average Bonchev–Trinajstić information content (AvgIpc) is 2.87. The third kappa shape index (κ3) is 1.28. The Morgan fingerprint density at radius 2 is 2.23 bits per heavy atom. The molecule has 2 nitrogen and oxygen atoms in total. The van der Waals surface area contributed by atoms with Crippen LogP contribution in [0.3, 0.4) is 0 Å². The summed E-state index contributed by atoms with van der Waals surface area (Å²) in [5, 5.41) is 0. The summed E-state index contributed by atoms with van der Waals surface area (Å²) in [5.41, 5.74) is 1.36. The van der Waals surface area contributed by atoms with Crippen LogP contribution in [0, 0.1) is 5.92 Å². The molecule has 2 heteroatoms. The van der Waals surface area contributed by atoms with Gasteiger partial charge in [-0.3, -0.25) is 0 Å². The second-order valence-electron chi connectivity index (χ2n) is 4.65. The molecule has 1 aliphatic carbocycles. The number of rotatable bonds is 1. The standard InChI is InChI=1S/C11H16N2/c1-8-4-5-13-7-10(9-2-3-9)12-11(13)6-8/h7-9H,2-6H2,1H3/t8-/m1/s1. The zero-order valence-electron chi connectivity index (χ0n) is 8.16. The van der Waals surface area contributed by atoms with Gasteiger partial charge in [-0.05, 0) is 25.2 Å². The van der Waals surface area contributed by atoms with E-state index in [4.69, 9.17) is 4.98 Å². The predicted octanol–water partition coefficient (Wildman–Crippen LogP) is 2.34. The van der Waals surface area contributed by atoms with Crippen LogP contribution in [0.5, 0.6) is 0 Å². The van der Waals surface area contributed by atoms with Gasteiger partial charge in [0.2, 0.25) is 0 Å². The van der Waals surface area contributed by atoms with Crippen molar-refractivity contribution in [2.24, 2.45) is 5.92 Å². The molecule has 2 aliphatic rings. The molecule has 0 spiro atoms. The zero-order valence-corrected chi connectivity index (χ0v) is 8.16. The molecule has 2 heterocycles. The molecule has 1 atom stereocenters. The summed E-state index contributed by atoms with van der Waals surface area (Å²) in [6.45, 7) is 3.52. The number of aryl methyl sites for hydroxylation is 1. The van der Waals surface area contributed by atoms with Crippen molar-refractivity contribution in [2.45, 2.75) is 45.1 Å². The van der Waals surface area contributed by atoms with E-state index in [-0.39, 0.29) is 0 Å². The van der Waals surface area contributed by atoms with E-state index in [9.17, 15) is 0 Å². The molecule has 1 saturated carbocycles. The topological polar surface area (TPSA) is 17.8 Å². The van der Waals surface area contributed by atoms with Gasteiger partial charge < -0.3 is 4.57 Å². The van der Waals surface area contributed by atoms with Crippen LogP contribution in [0.1, 0.15) is 43.6 Å². The first-order chi connectivity index (χ1) is 6.33. The Balaban J connectivity index is 1.93. The molecule has 3 rings (SSSR count). The van der Waals surface area contributed by atoms with Gasteiger partial charge in [0.15, 0.2) is 0 Å². The van der Waals surface area contributed by atoms with E-state index < -0.39 is 0 Å². The molecule has 0 saturated heterocycles. The maximum atomic E-state index is 4.73.